The Balaban J connectivity index is 2.71. The molecule has 1 heteroatoms. The first-order chi connectivity index (χ1) is 10.8. The average Bonchev–Trinajstić information content (AvgIpc) is 2.94. The van der Waals surface area contributed by atoms with E-state index in [1.807, 2.05) is 11.3 Å². The van der Waals surface area contributed by atoms with Crippen LogP contribution in [0.25, 0.3) is 20.2 Å². The highest BCUT2D eigenvalue weighted by atomic mass is 32.1. The summed E-state index contributed by atoms with van der Waals surface area (Å²) in [6.07, 6.45) is 2.25. The van der Waals surface area contributed by atoms with Crippen molar-refractivity contribution in [2.24, 2.45) is 0 Å². The lowest BCUT2D eigenvalue weighted by atomic mass is 9.87. The fraction of sp³-hybridized carbons (Fsp3) is 0.455. The maximum atomic E-state index is 2.32. The number of hydrogen-bond acceptors (Lipinski definition) is 1. The van der Waals surface area contributed by atoms with Gasteiger partial charge in [-0.05, 0) is 98.9 Å². The lowest BCUT2D eigenvalue weighted by Gasteiger charge is -2.16. The van der Waals surface area contributed by atoms with Gasteiger partial charge in [0.05, 0.1) is 0 Å². The summed E-state index contributed by atoms with van der Waals surface area (Å²) in [6, 6.07) is 0. The van der Waals surface area contributed by atoms with Crippen LogP contribution >= 0.6 is 11.3 Å². The van der Waals surface area contributed by atoms with Gasteiger partial charge in [-0.2, -0.15) is 0 Å². The molecule has 23 heavy (non-hydrogen) atoms. The molecule has 0 amide bonds. The summed E-state index contributed by atoms with van der Waals surface area (Å²) in [7, 11) is 0. The molecular formula is C22H28S. The molecule has 0 atom stereocenters. The maximum absolute atomic E-state index is 2.32. The molecule has 0 bridgehead atoms. The van der Waals surface area contributed by atoms with Gasteiger partial charge in [0.1, 0.15) is 0 Å². The predicted molar refractivity (Wildman–Crippen MR) is 107 cm³/mol. The van der Waals surface area contributed by atoms with Crippen molar-refractivity contribution in [1.29, 1.82) is 0 Å². The van der Waals surface area contributed by atoms with E-state index >= 15 is 0 Å². The van der Waals surface area contributed by atoms with Crippen LogP contribution in [0.15, 0.2) is 0 Å². The summed E-state index contributed by atoms with van der Waals surface area (Å²) in [4.78, 5) is 0. The minimum absolute atomic E-state index is 1.12. The van der Waals surface area contributed by atoms with Crippen LogP contribution in [0.5, 0.6) is 0 Å². The van der Waals surface area contributed by atoms with Crippen LogP contribution < -0.4 is 0 Å². The first kappa shape index (κ1) is 16.5. The molecule has 0 unspecified atom stereocenters. The summed E-state index contributed by atoms with van der Waals surface area (Å²) in [5.74, 6) is 0. The topological polar surface area (TPSA) is 0 Å². The van der Waals surface area contributed by atoms with Crippen molar-refractivity contribution in [1.82, 2.24) is 0 Å². The molecule has 0 aliphatic carbocycles. The molecular weight excluding hydrogens is 296 g/mol. The Morgan fingerprint density at radius 3 is 1.57 bits per heavy atom. The van der Waals surface area contributed by atoms with E-state index in [9.17, 15) is 0 Å². The normalized spacial score (nSPS) is 11.8. The SMILES string of the molecule is CCc1c(C)c(C)c2sc3c(C)c(C)c(C)c(C)c3c2c1CC. The van der Waals surface area contributed by atoms with Gasteiger partial charge in [0.25, 0.3) is 0 Å². The van der Waals surface area contributed by atoms with E-state index in [0.717, 1.165) is 12.8 Å². The number of rotatable bonds is 2. The Hall–Kier alpha value is -1.34. The number of thiophene rings is 1. The van der Waals surface area contributed by atoms with Gasteiger partial charge in [0.2, 0.25) is 0 Å². The second-order valence-electron chi connectivity index (χ2n) is 6.92. The first-order valence-corrected chi connectivity index (χ1v) is 9.60. The third kappa shape index (κ3) is 2.09. The molecule has 0 nitrogen and oxygen atoms in total. The number of aryl methyl sites for hydroxylation is 4. The van der Waals surface area contributed by atoms with Gasteiger partial charge in [0, 0.05) is 20.2 Å². The van der Waals surface area contributed by atoms with E-state index in [1.54, 1.807) is 16.5 Å². The number of fused-ring (bicyclic) bond motifs is 3. The van der Waals surface area contributed by atoms with Gasteiger partial charge in [-0.3, -0.25) is 0 Å². The van der Waals surface area contributed by atoms with Gasteiger partial charge < -0.3 is 0 Å². The molecule has 0 N–H and O–H groups in total. The van der Waals surface area contributed by atoms with Crippen molar-refractivity contribution in [2.75, 3.05) is 0 Å². The lowest BCUT2D eigenvalue weighted by molar-refractivity contribution is 1.03. The molecule has 2 aromatic carbocycles. The summed E-state index contributed by atoms with van der Waals surface area (Å²) < 4.78 is 3.02. The van der Waals surface area contributed by atoms with E-state index in [0.29, 0.717) is 0 Å². The minimum Gasteiger partial charge on any atom is -0.135 e. The Morgan fingerprint density at radius 2 is 1.00 bits per heavy atom. The maximum Gasteiger partial charge on any atom is 0.0390 e. The molecule has 0 aliphatic heterocycles. The zero-order chi connectivity index (χ0) is 17.0. The van der Waals surface area contributed by atoms with Crippen LogP contribution in [0.4, 0.5) is 0 Å². The van der Waals surface area contributed by atoms with E-state index < -0.39 is 0 Å². The third-order valence-corrected chi connectivity index (χ3v) is 7.47. The molecule has 1 heterocycles. The van der Waals surface area contributed by atoms with Crippen LogP contribution in [-0.4, -0.2) is 0 Å². The van der Waals surface area contributed by atoms with Gasteiger partial charge in [-0.15, -0.1) is 11.3 Å². The van der Waals surface area contributed by atoms with Crippen molar-refractivity contribution >= 4 is 31.5 Å². The molecule has 0 fully saturated rings. The van der Waals surface area contributed by atoms with Gasteiger partial charge >= 0.3 is 0 Å². The van der Waals surface area contributed by atoms with Gasteiger partial charge in [-0.1, -0.05) is 13.8 Å². The number of hydrogen-bond donors (Lipinski definition) is 0. The molecule has 3 rings (SSSR count). The largest absolute Gasteiger partial charge is 0.135 e. The molecule has 0 aliphatic rings. The monoisotopic (exact) mass is 324 g/mol. The molecule has 0 saturated heterocycles. The molecule has 0 spiro atoms. The number of benzene rings is 2. The van der Waals surface area contributed by atoms with Crippen molar-refractivity contribution < 1.29 is 0 Å². The van der Waals surface area contributed by atoms with Crippen molar-refractivity contribution in [3.8, 4) is 0 Å². The fourth-order valence-electron chi connectivity index (χ4n) is 4.17. The summed E-state index contributed by atoms with van der Waals surface area (Å²) >= 11 is 2.01. The van der Waals surface area contributed by atoms with E-state index in [1.165, 1.54) is 48.2 Å². The van der Waals surface area contributed by atoms with Crippen molar-refractivity contribution in [2.45, 2.75) is 68.2 Å². The van der Waals surface area contributed by atoms with E-state index in [-0.39, 0.29) is 0 Å². The Morgan fingerprint density at radius 1 is 0.522 bits per heavy atom. The Bertz CT molecular complexity index is 939. The quantitative estimate of drug-likeness (QED) is 0.474. The van der Waals surface area contributed by atoms with Gasteiger partial charge in [0.15, 0.2) is 0 Å². The van der Waals surface area contributed by atoms with Gasteiger partial charge in [-0.25, -0.2) is 0 Å². The highest BCUT2D eigenvalue weighted by Crippen LogP contribution is 2.45. The summed E-state index contributed by atoms with van der Waals surface area (Å²) in [5.41, 5.74) is 12.0. The molecule has 0 radical (unpaired) electrons. The minimum atomic E-state index is 1.12. The molecule has 0 saturated carbocycles. The molecule has 3 aromatic rings. The zero-order valence-electron chi connectivity index (χ0n) is 15.8. The standard InChI is InChI=1S/C22H28S/c1-9-17-13(5)16(8)22-20(18(17)10-2)19-14(6)11(3)12(4)15(7)21(19)23-22/h9-10H2,1-8H3. The average molecular weight is 325 g/mol. The predicted octanol–water partition coefficient (Wildman–Crippen LogP) is 7.03. The van der Waals surface area contributed by atoms with E-state index in [4.69, 9.17) is 0 Å². The second kappa shape index (κ2) is 5.63. The summed E-state index contributed by atoms with van der Waals surface area (Å²) in [5, 5.41) is 3.08. The summed E-state index contributed by atoms with van der Waals surface area (Å²) in [6.45, 7) is 18.4. The Kier molecular flexibility index (Phi) is 4.04. The van der Waals surface area contributed by atoms with Crippen LogP contribution in [0, 0.1) is 41.5 Å². The van der Waals surface area contributed by atoms with Crippen LogP contribution in [0.3, 0.4) is 0 Å². The van der Waals surface area contributed by atoms with Crippen molar-refractivity contribution in [3.05, 3.63) is 44.5 Å². The van der Waals surface area contributed by atoms with Crippen LogP contribution in [-0.2, 0) is 12.8 Å². The van der Waals surface area contributed by atoms with E-state index in [2.05, 4.69) is 55.4 Å². The molecule has 122 valence electrons. The lowest BCUT2D eigenvalue weighted by Crippen LogP contribution is -1.99. The Labute approximate surface area is 144 Å². The van der Waals surface area contributed by atoms with Crippen LogP contribution in [0.1, 0.15) is 58.4 Å². The smallest absolute Gasteiger partial charge is 0.0390 e. The highest BCUT2D eigenvalue weighted by Gasteiger charge is 2.21. The third-order valence-electron chi connectivity index (χ3n) is 6.04. The highest BCUT2D eigenvalue weighted by molar-refractivity contribution is 7.26. The van der Waals surface area contributed by atoms with Crippen LogP contribution in [0.2, 0.25) is 0 Å². The second-order valence-corrected chi connectivity index (χ2v) is 7.95. The molecule has 1 aromatic heterocycles. The fourth-order valence-corrected chi connectivity index (χ4v) is 5.67. The first-order valence-electron chi connectivity index (χ1n) is 8.78. The van der Waals surface area contributed by atoms with Crippen molar-refractivity contribution in [3.63, 3.8) is 0 Å². The zero-order valence-corrected chi connectivity index (χ0v) is 16.6.